The Morgan fingerprint density at radius 1 is 0.889 bits per heavy atom. The molecule has 0 saturated heterocycles. The number of hydrogen-bond donors (Lipinski definition) is 0. The molecule has 8 nitrogen and oxygen atoms in total. The predicted molar refractivity (Wildman–Crippen MR) is 94.8 cm³/mol. The van der Waals surface area contributed by atoms with Gasteiger partial charge in [0, 0.05) is 13.6 Å². The first-order valence-electron chi connectivity index (χ1n) is 8.32. The van der Waals surface area contributed by atoms with E-state index in [2.05, 4.69) is 0 Å². The van der Waals surface area contributed by atoms with E-state index in [1.165, 1.54) is 21.3 Å². The van der Waals surface area contributed by atoms with Crippen LogP contribution in [0.5, 0.6) is 0 Å². The van der Waals surface area contributed by atoms with E-state index in [9.17, 15) is 19.2 Å². The zero-order chi connectivity index (χ0) is 19.1. The maximum absolute atomic E-state index is 12.4. The smallest absolute Gasteiger partial charge is 0.330 e. The lowest BCUT2D eigenvalue weighted by Crippen LogP contribution is -2.33. The van der Waals surface area contributed by atoms with Crippen LogP contribution in [0, 0.1) is 0 Å². The van der Waals surface area contributed by atoms with Crippen molar-refractivity contribution < 1.29 is 19.2 Å². The first kappa shape index (κ1) is 16.8. The molecule has 3 aromatic rings. The topological polar surface area (TPSA) is 90.6 Å². The Balaban J connectivity index is 1.49. The van der Waals surface area contributed by atoms with Gasteiger partial charge in [-0.15, -0.1) is 0 Å². The summed E-state index contributed by atoms with van der Waals surface area (Å²) in [5, 5.41) is 0.471. The van der Waals surface area contributed by atoms with Gasteiger partial charge in [-0.05, 0) is 24.3 Å². The third-order valence-electron chi connectivity index (χ3n) is 4.54. The van der Waals surface area contributed by atoms with Crippen LogP contribution < -0.4 is 5.69 Å². The highest BCUT2D eigenvalue weighted by Crippen LogP contribution is 2.23. The summed E-state index contributed by atoms with van der Waals surface area (Å²) in [5.74, 6) is -2.12. The van der Waals surface area contributed by atoms with Crippen molar-refractivity contribution in [2.24, 2.45) is 7.05 Å². The Morgan fingerprint density at radius 3 is 2.07 bits per heavy atom. The number of amides is 2. The number of imide groups is 1. The van der Waals surface area contributed by atoms with E-state index >= 15 is 0 Å². The van der Waals surface area contributed by atoms with Gasteiger partial charge in [-0.1, -0.05) is 29.3 Å². The molecule has 2 amide bonds. The van der Waals surface area contributed by atoms with Gasteiger partial charge in [0.15, 0.2) is 0 Å². The van der Waals surface area contributed by atoms with Gasteiger partial charge in [0.1, 0.15) is 0 Å². The summed E-state index contributed by atoms with van der Waals surface area (Å²) in [6, 6.07) is 13.5. The third-order valence-corrected chi connectivity index (χ3v) is 4.54. The molecule has 0 atom stereocenters. The minimum Gasteiger partial charge on any atom is -0.330 e. The van der Waals surface area contributed by atoms with Crippen molar-refractivity contribution in [2.75, 3.05) is 0 Å². The fourth-order valence-corrected chi connectivity index (χ4v) is 3.18. The number of fused-ring (bicyclic) bond motifs is 2. The Hall–Kier alpha value is -3.68. The van der Waals surface area contributed by atoms with E-state index in [4.69, 9.17) is 4.84 Å². The molecule has 0 aliphatic carbocycles. The minimum absolute atomic E-state index is 0.0716. The van der Waals surface area contributed by atoms with Gasteiger partial charge in [0.05, 0.1) is 28.6 Å². The van der Waals surface area contributed by atoms with Crippen molar-refractivity contribution in [3.05, 3.63) is 70.1 Å². The van der Waals surface area contributed by atoms with E-state index in [0.29, 0.717) is 10.6 Å². The number of imidazole rings is 1. The molecule has 0 bridgehead atoms. The molecular formula is C19H15N3O5. The number of carbonyl (C=O) groups excluding carboxylic acids is 3. The molecule has 1 aliphatic heterocycles. The van der Waals surface area contributed by atoms with Gasteiger partial charge in [-0.25, -0.2) is 9.59 Å². The van der Waals surface area contributed by atoms with E-state index in [1.54, 1.807) is 31.3 Å². The van der Waals surface area contributed by atoms with Crippen LogP contribution in [0.2, 0.25) is 0 Å². The average Bonchev–Trinajstić information content (AvgIpc) is 3.07. The van der Waals surface area contributed by atoms with Gasteiger partial charge >= 0.3 is 11.7 Å². The zero-order valence-corrected chi connectivity index (χ0v) is 14.4. The lowest BCUT2D eigenvalue weighted by molar-refractivity contribution is -0.168. The molecule has 1 aromatic heterocycles. The number of carbonyl (C=O) groups is 3. The summed E-state index contributed by atoms with van der Waals surface area (Å²) in [6.45, 7) is 0.0716. The van der Waals surface area contributed by atoms with Gasteiger partial charge in [0.2, 0.25) is 0 Å². The highest BCUT2D eigenvalue weighted by atomic mass is 16.7. The summed E-state index contributed by atoms with van der Waals surface area (Å²) in [5.41, 5.74) is 1.57. The molecule has 2 aromatic carbocycles. The summed E-state index contributed by atoms with van der Waals surface area (Å²) in [4.78, 5) is 53.9. The standard InChI is InChI=1S/C19H15N3O5/c1-20-14-8-4-5-9-15(14)21(19(20)26)11-10-16(23)27-22-17(24)12-6-2-3-7-13(12)18(22)25/h2-9H,10-11H2,1H3. The lowest BCUT2D eigenvalue weighted by atomic mass is 10.1. The second kappa shape index (κ2) is 6.24. The molecule has 2 heterocycles. The van der Waals surface area contributed by atoms with Crippen molar-refractivity contribution in [2.45, 2.75) is 13.0 Å². The molecule has 1 aliphatic rings. The van der Waals surface area contributed by atoms with Gasteiger partial charge < -0.3 is 4.84 Å². The zero-order valence-electron chi connectivity index (χ0n) is 14.4. The molecule has 136 valence electrons. The Bertz CT molecular complexity index is 1120. The van der Waals surface area contributed by atoms with E-state index in [1.807, 2.05) is 12.1 Å². The van der Waals surface area contributed by atoms with Crippen LogP contribution in [0.25, 0.3) is 11.0 Å². The molecule has 0 radical (unpaired) electrons. The monoisotopic (exact) mass is 365 g/mol. The summed E-state index contributed by atoms with van der Waals surface area (Å²) in [6.07, 6.45) is -0.165. The number of para-hydroxylation sites is 2. The first-order chi connectivity index (χ1) is 13.0. The Kier molecular flexibility index (Phi) is 3.88. The van der Waals surface area contributed by atoms with Crippen molar-refractivity contribution in [3.63, 3.8) is 0 Å². The molecule has 8 heteroatoms. The number of nitrogens with zero attached hydrogens (tertiary/aromatic N) is 3. The molecule has 0 spiro atoms. The van der Waals surface area contributed by atoms with Crippen LogP contribution in [0.1, 0.15) is 27.1 Å². The normalized spacial score (nSPS) is 13.3. The number of aryl methyl sites for hydroxylation is 2. The van der Waals surface area contributed by atoms with Crippen LogP contribution >= 0.6 is 0 Å². The van der Waals surface area contributed by atoms with Gasteiger partial charge in [-0.2, -0.15) is 0 Å². The van der Waals surface area contributed by atoms with Crippen LogP contribution in [-0.4, -0.2) is 32.0 Å². The quantitative estimate of drug-likeness (QED) is 0.653. The largest absolute Gasteiger partial charge is 0.335 e. The molecular weight excluding hydrogens is 350 g/mol. The van der Waals surface area contributed by atoms with Crippen molar-refractivity contribution >= 4 is 28.8 Å². The average molecular weight is 365 g/mol. The Morgan fingerprint density at radius 2 is 1.44 bits per heavy atom. The van der Waals surface area contributed by atoms with Crippen molar-refractivity contribution in [1.82, 2.24) is 14.2 Å². The maximum Gasteiger partial charge on any atom is 0.335 e. The molecule has 27 heavy (non-hydrogen) atoms. The third kappa shape index (κ3) is 2.62. The first-order valence-corrected chi connectivity index (χ1v) is 8.32. The molecule has 0 fully saturated rings. The fourth-order valence-electron chi connectivity index (χ4n) is 3.18. The second-order valence-electron chi connectivity index (χ2n) is 6.15. The van der Waals surface area contributed by atoms with E-state index < -0.39 is 17.8 Å². The van der Waals surface area contributed by atoms with Gasteiger partial charge in [0.25, 0.3) is 11.8 Å². The highest BCUT2D eigenvalue weighted by Gasteiger charge is 2.38. The molecule has 0 N–H and O–H groups in total. The van der Waals surface area contributed by atoms with Gasteiger partial charge in [-0.3, -0.25) is 18.7 Å². The summed E-state index contributed by atoms with van der Waals surface area (Å²) < 4.78 is 2.95. The number of hydrogen-bond acceptors (Lipinski definition) is 5. The maximum atomic E-state index is 12.4. The number of hydroxylamine groups is 2. The second-order valence-corrected chi connectivity index (χ2v) is 6.15. The van der Waals surface area contributed by atoms with Crippen LogP contribution in [-0.2, 0) is 23.2 Å². The van der Waals surface area contributed by atoms with E-state index in [0.717, 1.165) is 5.52 Å². The molecule has 0 unspecified atom stereocenters. The predicted octanol–water partition coefficient (Wildman–Crippen LogP) is 1.48. The van der Waals surface area contributed by atoms with Crippen LogP contribution in [0.4, 0.5) is 0 Å². The Labute approximate surface area is 153 Å². The van der Waals surface area contributed by atoms with E-state index in [-0.39, 0.29) is 29.8 Å². The minimum atomic E-state index is -0.774. The summed E-state index contributed by atoms with van der Waals surface area (Å²) in [7, 11) is 1.65. The SMILES string of the molecule is Cn1c(=O)n(CCC(=O)ON2C(=O)c3ccccc3C2=O)c2ccccc21. The molecule has 0 saturated carbocycles. The number of rotatable bonds is 4. The highest BCUT2D eigenvalue weighted by molar-refractivity contribution is 6.20. The molecule has 4 rings (SSSR count). The van der Waals surface area contributed by atoms with Crippen molar-refractivity contribution in [1.29, 1.82) is 0 Å². The fraction of sp³-hybridized carbons (Fsp3) is 0.158. The number of aromatic nitrogens is 2. The lowest BCUT2D eigenvalue weighted by Gasteiger charge is -2.12. The summed E-state index contributed by atoms with van der Waals surface area (Å²) >= 11 is 0. The van der Waals surface area contributed by atoms with Crippen molar-refractivity contribution in [3.8, 4) is 0 Å². The van der Waals surface area contributed by atoms with Crippen LogP contribution in [0.15, 0.2) is 53.3 Å². The van der Waals surface area contributed by atoms with Crippen LogP contribution in [0.3, 0.4) is 0 Å². The number of benzene rings is 2.